The first-order valence-electron chi connectivity index (χ1n) is 9.97. The van der Waals surface area contributed by atoms with E-state index >= 15 is 0 Å². The third-order valence-electron chi connectivity index (χ3n) is 5.93. The number of aliphatic imine (C=N–C) groups is 1. The van der Waals surface area contributed by atoms with Crippen LogP contribution in [0.25, 0.3) is 0 Å². The maximum atomic E-state index is 5.18. The van der Waals surface area contributed by atoms with Gasteiger partial charge in [-0.3, -0.25) is 4.99 Å². The Bertz CT molecular complexity index is 569. The predicted octanol–water partition coefficient (Wildman–Crippen LogP) is 2.86. The Labute approximate surface area is 181 Å². The normalized spacial score (nSPS) is 20.0. The Morgan fingerprint density at radius 3 is 2.48 bits per heavy atom. The highest BCUT2D eigenvalue weighted by Crippen LogP contribution is 2.47. The van der Waals surface area contributed by atoms with Gasteiger partial charge in [-0.1, -0.05) is 30.3 Å². The second-order valence-electron chi connectivity index (χ2n) is 7.73. The van der Waals surface area contributed by atoms with Gasteiger partial charge in [0.1, 0.15) is 0 Å². The average molecular weight is 486 g/mol. The van der Waals surface area contributed by atoms with Crippen LogP contribution in [0.1, 0.15) is 31.2 Å². The molecule has 2 aliphatic rings. The minimum absolute atomic E-state index is 0. The molecule has 1 aromatic carbocycles. The Morgan fingerprint density at radius 1 is 1.19 bits per heavy atom. The number of rotatable bonds is 8. The maximum Gasteiger partial charge on any atom is 0.191 e. The van der Waals surface area contributed by atoms with Crippen LogP contribution in [0.15, 0.2) is 35.3 Å². The fraction of sp³-hybridized carbons (Fsp3) is 0.667. The van der Waals surface area contributed by atoms with E-state index in [1.165, 1.54) is 44.3 Å². The Hall–Kier alpha value is -0.860. The molecule has 0 unspecified atom stereocenters. The molecule has 2 fully saturated rings. The number of methoxy groups -OCH3 is 1. The van der Waals surface area contributed by atoms with Crippen molar-refractivity contribution in [2.45, 2.75) is 31.1 Å². The number of nitrogens with zero attached hydrogens (tertiary/aromatic N) is 2. The van der Waals surface area contributed by atoms with Crippen LogP contribution < -0.4 is 10.6 Å². The number of ether oxygens (including phenoxy) is 1. The van der Waals surface area contributed by atoms with Gasteiger partial charge in [-0.2, -0.15) is 0 Å². The van der Waals surface area contributed by atoms with Gasteiger partial charge in [0, 0.05) is 39.2 Å². The first kappa shape index (κ1) is 22.4. The third kappa shape index (κ3) is 6.61. The van der Waals surface area contributed by atoms with Gasteiger partial charge in [0.15, 0.2) is 5.96 Å². The molecule has 1 heterocycles. The molecule has 27 heavy (non-hydrogen) atoms. The van der Waals surface area contributed by atoms with Crippen molar-refractivity contribution in [3.05, 3.63) is 35.9 Å². The van der Waals surface area contributed by atoms with Crippen molar-refractivity contribution < 1.29 is 4.74 Å². The molecule has 0 radical (unpaired) electrons. The van der Waals surface area contributed by atoms with E-state index in [2.05, 4.69) is 50.9 Å². The van der Waals surface area contributed by atoms with Crippen molar-refractivity contribution in [1.82, 2.24) is 15.5 Å². The van der Waals surface area contributed by atoms with Gasteiger partial charge in [0.05, 0.1) is 6.61 Å². The average Bonchev–Trinajstić information content (AvgIpc) is 3.49. The zero-order chi connectivity index (χ0) is 18.2. The third-order valence-corrected chi connectivity index (χ3v) is 5.93. The summed E-state index contributed by atoms with van der Waals surface area (Å²) in [6, 6.07) is 10.9. The van der Waals surface area contributed by atoms with Gasteiger partial charge in [0.2, 0.25) is 0 Å². The van der Waals surface area contributed by atoms with Crippen LogP contribution in [0.4, 0.5) is 0 Å². The number of hydrogen-bond donors (Lipinski definition) is 2. The highest BCUT2D eigenvalue weighted by Gasteiger charge is 2.44. The predicted molar refractivity (Wildman–Crippen MR) is 123 cm³/mol. The minimum atomic E-state index is 0. The lowest BCUT2D eigenvalue weighted by atomic mass is 9.96. The van der Waals surface area contributed by atoms with Gasteiger partial charge in [-0.25, -0.2) is 0 Å². The van der Waals surface area contributed by atoms with Crippen molar-refractivity contribution in [2.75, 3.05) is 53.5 Å². The molecule has 6 heteroatoms. The molecule has 3 rings (SSSR count). The summed E-state index contributed by atoms with van der Waals surface area (Å²) in [6.07, 6.45) is 5.03. The molecule has 0 aromatic heterocycles. The van der Waals surface area contributed by atoms with Crippen LogP contribution in [0.5, 0.6) is 0 Å². The van der Waals surface area contributed by atoms with Crippen molar-refractivity contribution >= 4 is 29.9 Å². The summed E-state index contributed by atoms with van der Waals surface area (Å²) in [5.74, 6) is 1.67. The van der Waals surface area contributed by atoms with Crippen molar-refractivity contribution in [2.24, 2.45) is 10.9 Å². The van der Waals surface area contributed by atoms with Crippen molar-refractivity contribution in [3.8, 4) is 0 Å². The molecule has 5 nitrogen and oxygen atoms in total. The lowest BCUT2D eigenvalue weighted by Gasteiger charge is -2.32. The summed E-state index contributed by atoms with van der Waals surface area (Å²) in [5.41, 5.74) is 1.76. The minimum Gasteiger partial charge on any atom is -0.383 e. The molecule has 1 saturated carbocycles. The molecule has 1 aromatic rings. The molecule has 0 amide bonds. The highest BCUT2D eigenvalue weighted by molar-refractivity contribution is 14.0. The summed E-state index contributed by atoms with van der Waals surface area (Å²) in [7, 11) is 3.64. The number of guanidine groups is 1. The van der Waals surface area contributed by atoms with Crippen LogP contribution in [0, 0.1) is 5.92 Å². The van der Waals surface area contributed by atoms with Gasteiger partial charge in [-0.15, -0.1) is 24.0 Å². The van der Waals surface area contributed by atoms with E-state index in [9.17, 15) is 0 Å². The van der Waals surface area contributed by atoms with Gasteiger partial charge in [0.25, 0.3) is 0 Å². The Kier molecular flexibility index (Phi) is 9.32. The van der Waals surface area contributed by atoms with E-state index in [-0.39, 0.29) is 24.0 Å². The molecule has 0 bridgehead atoms. The van der Waals surface area contributed by atoms with Gasteiger partial charge < -0.3 is 20.3 Å². The van der Waals surface area contributed by atoms with Crippen molar-refractivity contribution in [3.63, 3.8) is 0 Å². The van der Waals surface area contributed by atoms with E-state index in [0.29, 0.717) is 5.41 Å². The lowest BCUT2D eigenvalue weighted by molar-refractivity contribution is 0.121. The van der Waals surface area contributed by atoms with E-state index in [0.717, 1.165) is 38.1 Å². The SMILES string of the molecule is CN=C(NCC1CCN(CCOC)CC1)NCC1(c2ccccc2)CC1.I. The second kappa shape index (κ2) is 11.2. The van der Waals surface area contributed by atoms with E-state index in [4.69, 9.17) is 4.74 Å². The zero-order valence-corrected chi connectivity index (χ0v) is 19.1. The van der Waals surface area contributed by atoms with Crippen LogP contribution in [0.2, 0.25) is 0 Å². The molecule has 1 saturated heterocycles. The maximum absolute atomic E-state index is 5.18. The van der Waals surface area contributed by atoms with Crippen LogP contribution in [-0.4, -0.2) is 64.3 Å². The Balaban J connectivity index is 0.00000261. The quantitative estimate of drug-likeness (QED) is 0.337. The number of benzene rings is 1. The number of hydrogen-bond acceptors (Lipinski definition) is 3. The van der Waals surface area contributed by atoms with E-state index < -0.39 is 0 Å². The van der Waals surface area contributed by atoms with Gasteiger partial charge in [-0.05, 0) is 50.3 Å². The highest BCUT2D eigenvalue weighted by atomic mass is 127. The fourth-order valence-electron chi connectivity index (χ4n) is 3.86. The monoisotopic (exact) mass is 486 g/mol. The second-order valence-corrected chi connectivity index (χ2v) is 7.73. The van der Waals surface area contributed by atoms with Crippen LogP contribution >= 0.6 is 24.0 Å². The summed E-state index contributed by atoms with van der Waals surface area (Å²) in [5, 5.41) is 7.10. The number of nitrogens with one attached hydrogen (secondary N) is 2. The molecule has 1 aliphatic carbocycles. The zero-order valence-electron chi connectivity index (χ0n) is 16.7. The molecular weight excluding hydrogens is 451 g/mol. The van der Waals surface area contributed by atoms with Crippen LogP contribution in [-0.2, 0) is 10.2 Å². The molecule has 152 valence electrons. The lowest BCUT2D eigenvalue weighted by Crippen LogP contribution is -2.45. The van der Waals surface area contributed by atoms with Crippen molar-refractivity contribution in [1.29, 1.82) is 0 Å². The van der Waals surface area contributed by atoms with Gasteiger partial charge >= 0.3 is 0 Å². The molecule has 2 N–H and O–H groups in total. The van der Waals surface area contributed by atoms with E-state index in [1.807, 2.05) is 7.05 Å². The first-order valence-corrected chi connectivity index (χ1v) is 9.97. The summed E-state index contributed by atoms with van der Waals surface area (Å²) >= 11 is 0. The summed E-state index contributed by atoms with van der Waals surface area (Å²) in [4.78, 5) is 6.92. The first-order chi connectivity index (χ1) is 12.8. The molecular formula is C21H35IN4O. The molecule has 0 spiro atoms. The Morgan fingerprint density at radius 2 is 1.89 bits per heavy atom. The smallest absolute Gasteiger partial charge is 0.191 e. The summed E-state index contributed by atoms with van der Waals surface area (Å²) in [6.45, 7) is 6.23. The van der Waals surface area contributed by atoms with Crippen LogP contribution in [0.3, 0.4) is 0 Å². The largest absolute Gasteiger partial charge is 0.383 e. The number of likely N-dealkylation sites (tertiary alicyclic amines) is 1. The standard InChI is InChI=1S/C21H34N4O.HI/c1-22-20(23-16-18-8-12-25(13-9-18)14-15-26-2)24-17-21(10-11-21)19-6-4-3-5-7-19;/h3-7,18H,8-17H2,1-2H3,(H2,22,23,24);1H. The fourth-order valence-corrected chi connectivity index (χ4v) is 3.86. The summed E-state index contributed by atoms with van der Waals surface area (Å²) < 4.78 is 5.18. The number of halogens is 1. The molecule has 1 aliphatic heterocycles. The topological polar surface area (TPSA) is 48.9 Å². The van der Waals surface area contributed by atoms with E-state index in [1.54, 1.807) is 7.11 Å². The number of piperidine rings is 1. The molecule has 0 atom stereocenters.